The molecule has 0 aliphatic heterocycles. The molecule has 0 radical (unpaired) electrons. The number of benzene rings is 1. The summed E-state index contributed by atoms with van der Waals surface area (Å²) in [5, 5.41) is 9.32. The summed E-state index contributed by atoms with van der Waals surface area (Å²) in [6.45, 7) is 0. The maximum atomic E-state index is 11.8. The molecule has 0 saturated heterocycles. The molecule has 1 aliphatic rings. The Morgan fingerprint density at radius 3 is 2.39 bits per heavy atom. The van der Waals surface area contributed by atoms with Gasteiger partial charge in [-0.2, -0.15) is 0 Å². The normalized spacial score (nSPS) is 17.2. The van der Waals surface area contributed by atoms with E-state index in [1.807, 2.05) is 0 Å². The number of rotatable bonds is 4. The Labute approximate surface area is 105 Å². The smallest absolute Gasteiger partial charge is 0.314 e. The minimum absolute atomic E-state index is 0.0433. The standard InChI is InChI=1S/C12H14O5S/c1-17-8-4-3-5-9(18(2,15)16)10(8)12(6-7-12)11(13)14/h3-5H,6-7H2,1-2H3,(H,13,14). The number of ether oxygens (including phenoxy) is 1. The number of hydrogen-bond acceptors (Lipinski definition) is 4. The van der Waals surface area contributed by atoms with Crippen LogP contribution < -0.4 is 4.74 Å². The Bertz CT molecular complexity index is 599. The Morgan fingerprint density at radius 2 is 2.00 bits per heavy atom. The van der Waals surface area contributed by atoms with Crippen molar-refractivity contribution >= 4 is 15.8 Å². The van der Waals surface area contributed by atoms with Gasteiger partial charge in [-0.25, -0.2) is 8.42 Å². The molecule has 0 amide bonds. The van der Waals surface area contributed by atoms with E-state index < -0.39 is 21.2 Å². The van der Waals surface area contributed by atoms with Crippen LogP contribution in [-0.2, 0) is 20.0 Å². The summed E-state index contributed by atoms with van der Waals surface area (Å²) >= 11 is 0. The molecule has 98 valence electrons. The van der Waals surface area contributed by atoms with Crippen LogP contribution in [0.5, 0.6) is 5.75 Å². The Kier molecular flexibility index (Phi) is 2.85. The number of methoxy groups -OCH3 is 1. The zero-order chi connectivity index (χ0) is 13.6. The van der Waals surface area contributed by atoms with Crippen molar-refractivity contribution in [1.82, 2.24) is 0 Å². The Balaban J connectivity index is 2.75. The van der Waals surface area contributed by atoms with Crippen LogP contribution in [0, 0.1) is 0 Å². The van der Waals surface area contributed by atoms with Gasteiger partial charge in [0, 0.05) is 11.8 Å². The van der Waals surface area contributed by atoms with Crippen LogP contribution in [-0.4, -0.2) is 32.9 Å². The lowest BCUT2D eigenvalue weighted by molar-refractivity contribution is -0.140. The molecule has 1 aromatic carbocycles. The third-order valence-electron chi connectivity index (χ3n) is 3.25. The van der Waals surface area contributed by atoms with Gasteiger partial charge >= 0.3 is 5.97 Å². The van der Waals surface area contributed by atoms with Crippen LogP contribution in [0.2, 0.25) is 0 Å². The van der Waals surface area contributed by atoms with E-state index in [0.717, 1.165) is 6.26 Å². The summed E-state index contributed by atoms with van der Waals surface area (Å²) in [5.74, 6) is -0.685. The second-order valence-electron chi connectivity index (χ2n) is 4.49. The van der Waals surface area contributed by atoms with Crippen molar-refractivity contribution in [2.45, 2.75) is 23.2 Å². The van der Waals surface area contributed by atoms with Crippen LogP contribution >= 0.6 is 0 Å². The molecule has 1 aliphatic carbocycles. The van der Waals surface area contributed by atoms with Gasteiger partial charge in [-0.05, 0) is 25.0 Å². The van der Waals surface area contributed by atoms with Crippen molar-refractivity contribution in [2.24, 2.45) is 0 Å². The number of carboxylic acid groups (broad SMARTS) is 1. The molecular weight excluding hydrogens is 256 g/mol. The highest BCUT2D eigenvalue weighted by Gasteiger charge is 2.55. The Hall–Kier alpha value is -1.56. The van der Waals surface area contributed by atoms with Gasteiger partial charge in [0.05, 0.1) is 17.4 Å². The molecule has 1 saturated carbocycles. The predicted molar refractivity (Wildman–Crippen MR) is 64.7 cm³/mol. The molecule has 5 nitrogen and oxygen atoms in total. The van der Waals surface area contributed by atoms with Gasteiger partial charge in [0.1, 0.15) is 5.75 Å². The summed E-state index contributed by atoms with van der Waals surface area (Å²) in [4.78, 5) is 11.4. The lowest BCUT2D eigenvalue weighted by atomic mass is 9.95. The van der Waals surface area contributed by atoms with Gasteiger partial charge in [0.15, 0.2) is 9.84 Å². The fraction of sp³-hybridized carbons (Fsp3) is 0.417. The van der Waals surface area contributed by atoms with Crippen LogP contribution in [0.1, 0.15) is 18.4 Å². The average molecular weight is 270 g/mol. The highest BCUT2D eigenvalue weighted by Crippen LogP contribution is 2.53. The Morgan fingerprint density at radius 1 is 1.39 bits per heavy atom. The minimum atomic E-state index is -3.49. The maximum absolute atomic E-state index is 11.8. The fourth-order valence-electron chi connectivity index (χ4n) is 2.16. The van der Waals surface area contributed by atoms with Crippen molar-refractivity contribution in [2.75, 3.05) is 13.4 Å². The van der Waals surface area contributed by atoms with Crippen molar-refractivity contribution in [3.8, 4) is 5.75 Å². The van der Waals surface area contributed by atoms with E-state index in [4.69, 9.17) is 4.74 Å². The predicted octanol–water partition coefficient (Wildman–Crippen LogP) is 1.21. The number of sulfone groups is 1. The topological polar surface area (TPSA) is 80.7 Å². The molecule has 0 heterocycles. The first-order chi connectivity index (χ1) is 8.33. The molecule has 0 unspecified atom stereocenters. The second kappa shape index (κ2) is 3.98. The van der Waals surface area contributed by atoms with E-state index in [1.165, 1.54) is 13.2 Å². The van der Waals surface area contributed by atoms with Gasteiger partial charge in [-0.15, -0.1) is 0 Å². The SMILES string of the molecule is COc1cccc(S(C)(=O)=O)c1C1(C(=O)O)CC1. The van der Waals surface area contributed by atoms with Gasteiger partial charge < -0.3 is 9.84 Å². The number of aliphatic carboxylic acids is 1. The summed E-state index contributed by atoms with van der Waals surface area (Å²) < 4.78 is 28.7. The molecule has 0 atom stereocenters. The first-order valence-corrected chi connectivity index (χ1v) is 7.33. The van der Waals surface area contributed by atoms with E-state index in [2.05, 4.69) is 0 Å². The molecule has 6 heteroatoms. The van der Waals surface area contributed by atoms with E-state index >= 15 is 0 Å². The van der Waals surface area contributed by atoms with Gasteiger partial charge in [0.25, 0.3) is 0 Å². The third-order valence-corrected chi connectivity index (χ3v) is 4.38. The highest BCUT2D eigenvalue weighted by atomic mass is 32.2. The summed E-state index contributed by atoms with van der Waals surface area (Å²) in [5.41, 5.74) is -0.826. The number of hydrogen-bond donors (Lipinski definition) is 1. The van der Waals surface area contributed by atoms with Gasteiger partial charge in [0.2, 0.25) is 0 Å². The molecule has 2 rings (SSSR count). The lowest BCUT2D eigenvalue weighted by Crippen LogP contribution is -2.23. The maximum Gasteiger partial charge on any atom is 0.314 e. The van der Waals surface area contributed by atoms with Crippen LogP contribution in [0.4, 0.5) is 0 Å². The molecule has 1 fully saturated rings. The van der Waals surface area contributed by atoms with Crippen LogP contribution in [0.15, 0.2) is 23.1 Å². The molecule has 0 aromatic heterocycles. The third kappa shape index (κ3) is 1.86. The van der Waals surface area contributed by atoms with Crippen molar-refractivity contribution in [3.05, 3.63) is 23.8 Å². The second-order valence-corrected chi connectivity index (χ2v) is 6.48. The highest BCUT2D eigenvalue weighted by molar-refractivity contribution is 7.90. The fourth-order valence-corrected chi connectivity index (χ4v) is 3.15. The van der Waals surface area contributed by atoms with E-state index in [1.54, 1.807) is 12.1 Å². The molecular formula is C12H14O5S. The molecule has 0 spiro atoms. The van der Waals surface area contributed by atoms with Crippen molar-refractivity contribution in [1.29, 1.82) is 0 Å². The molecule has 0 bridgehead atoms. The monoisotopic (exact) mass is 270 g/mol. The minimum Gasteiger partial charge on any atom is -0.496 e. The summed E-state index contributed by atoms with van der Waals surface area (Å²) in [6.07, 6.45) is 1.94. The summed E-state index contributed by atoms with van der Waals surface area (Å²) in [7, 11) is -2.08. The van der Waals surface area contributed by atoms with Gasteiger partial charge in [-0.1, -0.05) is 6.07 Å². The number of carboxylic acids is 1. The van der Waals surface area contributed by atoms with E-state index in [-0.39, 0.29) is 10.5 Å². The lowest BCUT2D eigenvalue weighted by Gasteiger charge is -2.18. The van der Waals surface area contributed by atoms with Gasteiger partial charge in [-0.3, -0.25) is 4.79 Å². The zero-order valence-electron chi connectivity index (χ0n) is 10.1. The first kappa shape index (κ1) is 12.9. The van der Waals surface area contributed by atoms with Crippen molar-refractivity contribution in [3.63, 3.8) is 0 Å². The largest absolute Gasteiger partial charge is 0.496 e. The average Bonchev–Trinajstić information content (AvgIpc) is 3.07. The number of carbonyl (C=O) groups is 1. The van der Waals surface area contributed by atoms with E-state index in [9.17, 15) is 18.3 Å². The van der Waals surface area contributed by atoms with Crippen molar-refractivity contribution < 1.29 is 23.1 Å². The quantitative estimate of drug-likeness (QED) is 0.889. The molecule has 1 N–H and O–H groups in total. The summed E-state index contributed by atoms with van der Waals surface area (Å²) in [6, 6.07) is 4.57. The van der Waals surface area contributed by atoms with E-state index in [0.29, 0.717) is 18.6 Å². The molecule has 18 heavy (non-hydrogen) atoms. The van der Waals surface area contributed by atoms with Crippen LogP contribution in [0.25, 0.3) is 0 Å². The van der Waals surface area contributed by atoms with Crippen LogP contribution in [0.3, 0.4) is 0 Å². The first-order valence-electron chi connectivity index (χ1n) is 5.44. The zero-order valence-corrected chi connectivity index (χ0v) is 11.0. The molecule has 1 aromatic rings.